The van der Waals surface area contributed by atoms with Gasteiger partial charge in [0.25, 0.3) is 5.91 Å². The van der Waals surface area contributed by atoms with E-state index in [1.807, 2.05) is 0 Å². The Morgan fingerprint density at radius 1 is 1.23 bits per heavy atom. The Morgan fingerprint density at radius 3 is 2.54 bits per heavy atom. The minimum absolute atomic E-state index is 0.383. The van der Waals surface area contributed by atoms with Crippen molar-refractivity contribution in [3.63, 3.8) is 0 Å². The molecule has 0 aromatic heterocycles. The third kappa shape index (κ3) is 5.45. The number of hydrogen-bond acceptors (Lipinski definition) is 4. The zero-order valence-corrected chi connectivity index (χ0v) is 16.4. The highest BCUT2D eigenvalue weighted by atomic mass is 35.5. The molecule has 0 aliphatic carbocycles. The third-order valence-electron chi connectivity index (χ3n) is 3.43. The van der Waals surface area contributed by atoms with Crippen molar-refractivity contribution in [3.8, 4) is 0 Å². The first kappa shape index (κ1) is 20.2. The Hall–Kier alpha value is -2.09. The van der Waals surface area contributed by atoms with Gasteiger partial charge in [0, 0.05) is 10.6 Å². The lowest BCUT2D eigenvalue weighted by Crippen LogP contribution is -2.39. The van der Waals surface area contributed by atoms with Crippen LogP contribution in [0.25, 0.3) is 0 Å². The van der Waals surface area contributed by atoms with Crippen LogP contribution in [0.4, 0.5) is 5.69 Å². The van der Waals surface area contributed by atoms with E-state index in [-0.39, 0.29) is 0 Å². The van der Waals surface area contributed by atoms with Crippen LogP contribution in [0.3, 0.4) is 0 Å². The van der Waals surface area contributed by atoms with Gasteiger partial charge in [-0.05, 0) is 30.7 Å². The van der Waals surface area contributed by atoms with Crippen LogP contribution in [-0.4, -0.2) is 33.3 Å². The van der Waals surface area contributed by atoms with Gasteiger partial charge in [0.15, 0.2) is 0 Å². The van der Waals surface area contributed by atoms with Crippen molar-refractivity contribution in [3.05, 3.63) is 63.6 Å². The fraction of sp³-hybridized carbons (Fsp3) is 0.176. The van der Waals surface area contributed by atoms with E-state index >= 15 is 0 Å². The lowest BCUT2D eigenvalue weighted by molar-refractivity contribution is -0.119. The molecule has 6 nitrogen and oxygen atoms in total. The second kappa shape index (κ2) is 8.53. The highest BCUT2D eigenvalue weighted by molar-refractivity contribution is 7.92. The highest BCUT2D eigenvalue weighted by Gasteiger charge is 2.21. The number of sulfonamides is 1. The van der Waals surface area contributed by atoms with Crippen LogP contribution in [0.15, 0.2) is 47.6 Å². The fourth-order valence-corrected chi connectivity index (χ4v) is 3.54. The monoisotopic (exact) mass is 413 g/mol. The molecule has 0 aliphatic heterocycles. The van der Waals surface area contributed by atoms with Gasteiger partial charge in [-0.2, -0.15) is 5.10 Å². The maximum absolute atomic E-state index is 12.1. The van der Waals surface area contributed by atoms with E-state index in [1.54, 1.807) is 49.4 Å². The summed E-state index contributed by atoms with van der Waals surface area (Å²) in [6.07, 6.45) is 2.40. The predicted octanol–water partition coefficient (Wildman–Crippen LogP) is 3.22. The SMILES string of the molecule is Cc1ccccc1N(CC(=O)N/N=C\c1ccc(Cl)cc1Cl)S(C)(=O)=O. The van der Waals surface area contributed by atoms with Crippen molar-refractivity contribution >= 4 is 51.0 Å². The molecule has 0 radical (unpaired) electrons. The first-order valence-electron chi connectivity index (χ1n) is 7.49. The van der Waals surface area contributed by atoms with Gasteiger partial charge in [-0.25, -0.2) is 13.8 Å². The van der Waals surface area contributed by atoms with Gasteiger partial charge >= 0.3 is 0 Å². The topological polar surface area (TPSA) is 78.8 Å². The molecule has 1 amide bonds. The molecule has 0 aliphatic rings. The molecule has 0 fully saturated rings. The summed E-state index contributed by atoms with van der Waals surface area (Å²) in [5, 5.41) is 4.68. The van der Waals surface area contributed by atoms with E-state index in [0.717, 1.165) is 16.1 Å². The number of hydrogen-bond donors (Lipinski definition) is 1. The fourth-order valence-electron chi connectivity index (χ4n) is 2.17. The van der Waals surface area contributed by atoms with Gasteiger partial charge in [-0.3, -0.25) is 9.10 Å². The predicted molar refractivity (Wildman–Crippen MR) is 106 cm³/mol. The zero-order valence-electron chi connectivity index (χ0n) is 14.1. The molecule has 138 valence electrons. The van der Waals surface area contributed by atoms with E-state index in [9.17, 15) is 13.2 Å². The summed E-state index contributed by atoms with van der Waals surface area (Å²) in [5.41, 5.74) is 4.04. The van der Waals surface area contributed by atoms with Crippen molar-refractivity contribution in [1.29, 1.82) is 0 Å². The average molecular weight is 414 g/mol. The number of rotatable bonds is 6. The second-order valence-electron chi connectivity index (χ2n) is 5.52. The summed E-state index contributed by atoms with van der Waals surface area (Å²) in [6, 6.07) is 11.7. The quantitative estimate of drug-likeness (QED) is 0.583. The number of carbonyl (C=O) groups is 1. The van der Waals surface area contributed by atoms with Gasteiger partial charge in [0.05, 0.1) is 23.2 Å². The maximum atomic E-state index is 12.1. The first-order valence-corrected chi connectivity index (χ1v) is 10.1. The molecular formula is C17H17Cl2N3O3S. The number of nitrogens with one attached hydrogen (secondary N) is 1. The molecule has 26 heavy (non-hydrogen) atoms. The Labute approximate surface area is 162 Å². The van der Waals surface area contributed by atoms with Gasteiger partial charge in [0.2, 0.25) is 10.0 Å². The van der Waals surface area contributed by atoms with E-state index in [0.29, 0.717) is 21.3 Å². The summed E-state index contributed by atoms with van der Waals surface area (Å²) in [5.74, 6) is -0.583. The number of benzene rings is 2. The van der Waals surface area contributed by atoms with E-state index in [2.05, 4.69) is 10.5 Å². The normalized spacial score (nSPS) is 11.5. The van der Waals surface area contributed by atoms with Crippen LogP contribution in [0.5, 0.6) is 0 Å². The smallest absolute Gasteiger partial charge is 0.260 e. The molecule has 0 heterocycles. The Morgan fingerprint density at radius 2 is 1.92 bits per heavy atom. The Balaban J connectivity index is 2.11. The molecule has 9 heteroatoms. The van der Waals surface area contributed by atoms with Gasteiger partial charge in [0.1, 0.15) is 6.54 Å². The summed E-state index contributed by atoms with van der Waals surface area (Å²) in [7, 11) is -3.64. The molecule has 2 aromatic rings. The van der Waals surface area contributed by atoms with Gasteiger partial charge < -0.3 is 0 Å². The van der Waals surface area contributed by atoms with Crippen molar-refractivity contribution in [2.45, 2.75) is 6.92 Å². The van der Waals surface area contributed by atoms with Gasteiger partial charge in [-0.1, -0.05) is 47.5 Å². The van der Waals surface area contributed by atoms with Crippen LogP contribution in [0.2, 0.25) is 10.0 Å². The average Bonchev–Trinajstić information content (AvgIpc) is 2.54. The summed E-state index contributed by atoms with van der Waals surface area (Å²) in [6.45, 7) is 1.38. The number of hydrazone groups is 1. The molecule has 0 saturated carbocycles. The number of nitrogens with zero attached hydrogens (tertiary/aromatic N) is 2. The van der Waals surface area contributed by atoms with Crippen LogP contribution >= 0.6 is 23.2 Å². The molecule has 0 spiro atoms. The number of amides is 1. The first-order chi connectivity index (χ1) is 12.2. The van der Waals surface area contributed by atoms with Crippen LogP contribution in [0.1, 0.15) is 11.1 Å². The molecule has 0 unspecified atom stereocenters. The van der Waals surface area contributed by atoms with E-state index < -0.39 is 22.5 Å². The Kier molecular flexibility index (Phi) is 6.63. The van der Waals surface area contributed by atoms with Crippen molar-refractivity contribution in [1.82, 2.24) is 5.43 Å². The minimum Gasteiger partial charge on any atom is -0.271 e. The summed E-state index contributed by atoms with van der Waals surface area (Å²) >= 11 is 11.8. The molecule has 2 rings (SSSR count). The molecular weight excluding hydrogens is 397 g/mol. The second-order valence-corrected chi connectivity index (χ2v) is 8.27. The lowest BCUT2D eigenvalue weighted by atomic mass is 10.2. The lowest BCUT2D eigenvalue weighted by Gasteiger charge is -2.23. The zero-order chi connectivity index (χ0) is 19.3. The number of para-hydroxylation sites is 1. The Bertz CT molecular complexity index is 946. The summed E-state index contributed by atoms with van der Waals surface area (Å²) < 4.78 is 25.2. The molecule has 2 aromatic carbocycles. The van der Waals surface area contributed by atoms with Crippen LogP contribution < -0.4 is 9.73 Å². The van der Waals surface area contributed by atoms with Crippen LogP contribution in [0, 0.1) is 6.92 Å². The maximum Gasteiger partial charge on any atom is 0.260 e. The minimum atomic E-state index is -3.64. The van der Waals surface area contributed by atoms with E-state index in [1.165, 1.54) is 6.21 Å². The summed E-state index contributed by atoms with van der Waals surface area (Å²) in [4.78, 5) is 12.1. The third-order valence-corrected chi connectivity index (χ3v) is 5.12. The van der Waals surface area contributed by atoms with Crippen molar-refractivity contribution < 1.29 is 13.2 Å². The molecule has 1 N–H and O–H groups in total. The number of anilines is 1. The number of halogens is 2. The highest BCUT2D eigenvalue weighted by Crippen LogP contribution is 2.22. The largest absolute Gasteiger partial charge is 0.271 e. The molecule has 0 atom stereocenters. The van der Waals surface area contributed by atoms with Crippen molar-refractivity contribution in [2.75, 3.05) is 17.1 Å². The molecule has 0 saturated heterocycles. The van der Waals surface area contributed by atoms with Gasteiger partial charge in [-0.15, -0.1) is 0 Å². The number of carbonyl (C=O) groups excluding carboxylic acids is 1. The molecule has 0 bridgehead atoms. The van der Waals surface area contributed by atoms with Crippen LogP contribution in [-0.2, 0) is 14.8 Å². The van der Waals surface area contributed by atoms with Crippen molar-refractivity contribution in [2.24, 2.45) is 5.10 Å². The number of aryl methyl sites for hydroxylation is 1. The van der Waals surface area contributed by atoms with E-state index in [4.69, 9.17) is 23.2 Å². The standard InChI is InChI=1S/C17H17Cl2N3O3S/c1-12-5-3-4-6-16(12)22(26(2,24)25)11-17(23)21-20-10-13-7-8-14(18)9-15(13)19/h3-10H,11H2,1-2H3,(H,21,23)/b20-10-.